The molecule has 0 fully saturated rings. The summed E-state index contributed by atoms with van der Waals surface area (Å²) in [5.74, 6) is 6.67. The van der Waals surface area contributed by atoms with E-state index in [-0.39, 0.29) is 6.04 Å². The second-order valence-electron chi connectivity index (χ2n) is 4.65. The third-order valence-electron chi connectivity index (χ3n) is 3.27. The van der Waals surface area contributed by atoms with E-state index < -0.39 is 0 Å². The molecule has 4 nitrogen and oxygen atoms in total. The third kappa shape index (κ3) is 3.73. The van der Waals surface area contributed by atoms with E-state index in [0.29, 0.717) is 10.0 Å². The minimum Gasteiger partial charge on any atom is -0.335 e. The number of aryl methyl sites for hydroxylation is 1. The number of aromatic nitrogens is 2. The Hall–Kier alpha value is -1.07. The highest BCUT2D eigenvalue weighted by atomic mass is 35.5. The fourth-order valence-electron chi connectivity index (χ4n) is 2.18. The van der Waals surface area contributed by atoms with Gasteiger partial charge in [-0.25, -0.2) is 4.98 Å². The van der Waals surface area contributed by atoms with E-state index >= 15 is 0 Å². The Kier molecular flexibility index (Phi) is 5.43. The summed E-state index contributed by atoms with van der Waals surface area (Å²) in [5, 5.41) is 1.13. The minimum absolute atomic E-state index is 0.0972. The molecule has 1 aromatic heterocycles. The molecule has 3 N–H and O–H groups in total. The van der Waals surface area contributed by atoms with Crippen LogP contribution in [0, 0.1) is 0 Å². The normalized spacial score (nSPS) is 12.6. The Balaban J connectivity index is 2.07. The lowest BCUT2D eigenvalue weighted by Crippen LogP contribution is -2.39. The summed E-state index contributed by atoms with van der Waals surface area (Å²) in [5.41, 5.74) is 3.94. The van der Waals surface area contributed by atoms with Crippen molar-refractivity contribution in [1.29, 1.82) is 0 Å². The molecule has 1 aromatic carbocycles. The van der Waals surface area contributed by atoms with Crippen molar-refractivity contribution < 1.29 is 0 Å². The van der Waals surface area contributed by atoms with Crippen LogP contribution in [0.1, 0.15) is 18.3 Å². The Morgan fingerprint density at radius 2 is 2.10 bits per heavy atom. The van der Waals surface area contributed by atoms with Crippen molar-refractivity contribution >= 4 is 23.2 Å². The average Bonchev–Trinajstić information content (AvgIpc) is 2.89. The molecule has 0 radical (unpaired) electrons. The summed E-state index contributed by atoms with van der Waals surface area (Å²) in [6.45, 7) is 2.99. The zero-order valence-electron chi connectivity index (χ0n) is 11.3. The van der Waals surface area contributed by atoms with Gasteiger partial charge in [0.2, 0.25) is 0 Å². The van der Waals surface area contributed by atoms with Gasteiger partial charge in [-0.05, 0) is 31.0 Å². The van der Waals surface area contributed by atoms with Crippen molar-refractivity contribution in [3.63, 3.8) is 0 Å². The molecule has 0 amide bonds. The van der Waals surface area contributed by atoms with E-state index in [9.17, 15) is 0 Å². The van der Waals surface area contributed by atoms with Gasteiger partial charge in [0, 0.05) is 31.4 Å². The molecule has 0 aliphatic rings. The van der Waals surface area contributed by atoms with Gasteiger partial charge in [0.05, 0.1) is 10.0 Å². The lowest BCUT2D eigenvalue weighted by atomic mass is 10.0. The Labute approximate surface area is 128 Å². The van der Waals surface area contributed by atoms with Gasteiger partial charge in [0.25, 0.3) is 0 Å². The maximum Gasteiger partial charge on any atom is 0.110 e. The van der Waals surface area contributed by atoms with Gasteiger partial charge in [-0.3, -0.25) is 11.3 Å². The number of hydrogen-bond donors (Lipinski definition) is 2. The second-order valence-corrected chi connectivity index (χ2v) is 5.46. The number of rotatable bonds is 6. The monoisotopic (exact) mass is 312 g/mol. The van der Waals surface area contributed by atoms with Gasteiger partial charge < -0.3 is 4.57 Å². The molecule has 108 valence electrons. The quantitative estimate of drug-likeness (QED) is 0.637. The lowest BCUT2D eigenvalue weighted by Gasteiger charge is -2.16. The van der Waals surface area contributed by atoms with Gasteiger partial charge >= 0.3 is 0 Å². The van der Waals surface area contributed by atoms with Crippen LogP contribution in [-0.4, -0.2) is 15.6 Å². The minimum atomic E-state index is 0.0972. The number of hydrogen-bond acceptors (Lipinski definition) is 3. The van der Waals surface area contributed by atoms with E-state index in [1.165, 1.54) is 0 Å². The molecule has 0 saturated heterocycles. The Bertz CT molecular complexity index is 568. The van der Waals surface area contributed by atoms with Crippen molar-refractivity contribution in [2.75, 3.05) is 0 Å². The van der Waals surface area contributed by atoms with E-state index in [1.807, 2.05) is 24.5 Å². The molecule has 1 atom stereocenters. The molecule has 1 unspecified atom stereocenters. The maximum atomic E-state index is 6.03. The van der Waals surface area contributed by atoms with Crippen LogP contribution in [0.4, 0.5) is 0 Å². The summed E-state index contributed by atoms with van der Waals surface area (Å²) in [6, 6.07) is 5.74. The SMILES string of the molecule is CCn1ccnc1CC(Cc1ccc(Cl)c(Cl)c1)NN. The van der Waals surface area contributed by atoms with Crippen molar-refractivity contribution in [3.8, 4) is 0 Å². The molecule has 0 aliphatic heterocycles. The fraction of sp³-hybridized carbons (Fsp3) is 0.357. The van der Waals surface area contributed by atoms with E-state index in [4.69, 9.17) is 29.0 Å². The third-order valence-corrected chi connectivity index (χ3v) is 4.01. The number of nitrogens with two attached hydrogens (primary N) is 1. The predicted octanol–water partition coefficient (Wildman–Crippen LogP) is 2.83. The average molecular weight is 313 g/mol. The highest BCUT2D eigenvalue weighted by Gasteiger charge is 2.13. The standard InChI is InChI=1S/C14H18Cl2N4/c1-2-20-6-5-18-14(20)9-11(19-17)7-10-3-4-12(15)13(16)8-10/h3-6,8,11,19H,2,7,9,17H2,1H3. The van der Waals surface area contributed by atoms with Crippen molar-refractivity contribution in [1.82, 2.24) is 15.0 Å². The summed E-state index contributed by atoms with van der Waals surface area (Å²) >= 11 is 12.0. The van der Waals surface area contributed by atoms with Gasteiger partial charge in [0.15, 0.2) is 0 Å². The molecule has 0 spiro atoms. The first kappa shape index (κ1) is 15.3. The fourth-order valence-corrected chi connectivity index (χ4v) is 2.50. The zero-order valence-corrected chi connectivity index (χ0v) is 12.8. The molecule has 0 aliphatic carbocycles. The van der Waals surface area contributed by atoms with Gasteiger partial charge in [0.1, 0.15) is 5.82 Å². The Morgan fingerprint density at radius 3 is 2.75 bits per heavy atom. The van der Waals surface area contributed by atoms with Crippen molar-refractivity contribution in [2.24, 2.45) is 5.84 Å². The van der Waals surface area contributed by atoms with Crippen LogP contribution in [0.3, 0.4) is 0 Å². The van der Waals surface area contributed by atoms with E-state index in [2.05, 4.69) is 21.9 Å². The molecule has 20 heavy (non-hydrogen) atoms. The van der Waals surface area contributed by atoms with Crippen LogP contribution in [0.25, 0.3) is 0 Å². The summed E-state index contributed by atoms with van der Waals surface area (Å²) < 4.78 is 2.11. The number of benzene rings is 1. The molecule has 6 heteroatoms. The highest BCUT2D eigenvalue weighted by Crippen LogP contribution is 2.23. The van der Waals surface area contributed by atoms with Crippen molar-refractivity contribution in [3.05, 3.63) is 52.0 Å². The van der Waals surface area contributed by atoms with Gasteiger partial charge in [-0.2, -0.15) is 0 Å². The molecular weight excluding hydrogens is 295 g/mol. The smallest absolute Gasteiger partial charge is 0.110 e. The largest absolute Gasteiger partial charge is 0.335 e. The number of nitrogens with zero attached hydrogens (tertiary/aromatic N) is 2. The summed E-state index contributed by atoms with van der Waals surface area (Å²) in [7, 11) is 0. The molecule has 1 heterocycles. The number of nitrogens with one attached hydrogen (secondary N) is 1. The van der Waals surface area contributed by atoms with E-state index in [1.54, 1.807) is 6.07 Å². The zero-order chi connectivity index (χ0) is 14.5. The van der Waals surface area contributed by atoms with Gasteiger partial charge in [-0.15, -0.1) is 0 Å². The molecule has 0 saturated carbocycles. The van der Waals surface area contributed by atoms with Crippen LogP contribution in [0.2, 0.25) is 10.0 Å². The molecule has 2 rings (SSSR count). The van der Waals surface area contributed by atoms with Crippen LogP contribution in [0.15, 0.2) is 30.6 Å². The predicted molar refractivity (Wildman–Crippen MR) is 82.9 cm³/mol. The van der Waals surface area contributed by atoms with Crippen LogP contribution < -0.4 is 11.3 Å². The topological polar surface area (TPSA) is 55.9 Å². The number of hydrazine groups is 1. The van der Waals surface area contributed by atoms with E-state index in [0.717, 1.165) is 30.8 Å². The van der Waals surface area contributed by atoms with Crippen LogP contribution in [-0.2, 0) is 19.4 Å². The summed E-state index contributed by atoms with van der Waals surface area (Å²) in [4.78, 5) is 4.37. The van der Waals surface area contributed by atoms with Gasteiger partial charge in [-0.1, -0.05) is 29.3 Å². The Morgan fingerprint density at radius 1 is 1.30 bits per heavy atom. The first-order chi connectivity index (χ1) is 9.63. The van der Waals surface area contributed by atoms with Crippen molar-refractivity contribution in [2.45, 2.75) is 32.4 Å². The first-order valence-corrected chi connectivity index (χ1v) is 7.29. The molecule has 0 bridgehead atoms. The van der Waals surface area contributed by atoms with Crippen LogP contribution in [0.5, 0.6) is 0 Å². The lowest BCUT2D eigenvalue weighted by molar-refractivity contribution is 0.499. The summed E-state index contributed by atoms with van der Waals surface area (Å²) in [6.07, 6.45) is 5.31. The second kappa shape index (κ2) is 7.09. The molecule has 2 aromatic rings. The number of halogens is 2. The van der Waals surface area contributed by atoms with Crippen LogP contribution >= 0.6 is 23.2 Å². The first-order valence-electron chi connectivity index (χ1n) is 6.54. The number of imidazole rings is 1. The molecular formula is C14H18Cl2N4. The maximum absolute atomic E-state index is 6.03. The highest BCUT2D eigenvalue weighted by molar-refractivity contribution is 6.42.